The van der Waals surface area contributed by atoms with Crippen LogP contribution in [-0.2, 0) is 4.74 Å². The molecule has 1 aromatic heterocycles. The van der Waals surface area contributed by atoms with Crippen molar-refractivity contribution in [2.75, 3.05) is 51.1 Å². The molecule has 0 amide bonds. The molecule has 0 radical (unpaired) electrons. The minimum atomic E-state index is 0.242. The second-order valence-corrected chi connectivity index (χ2v) is 8.18. The lowest BCUT2D eigenvalue weighted by Crippen LogP contribution is -2.54. The van der Waals surface area contributed by atoms with Gasteiger partial charge in [-0.3, -0.25) is 4.99 Å². The number of thioether (sulfide) groups is 1. The van der Waals surface area contributed by atoms with E-state index < -0.39 is 0 Å². The highest BCUT2D eigenvalue weighted by molar-refractivity contribution is 8.00. The Morgan fingerprint density at radius 2 is 2.15 bits per heavy atom. The van der Waals surface area contributed by atoms with E-state index in [0.29, 0.717) is 6.04 Å². The molecule has 0 spiro atoms. The maximum atomic E-state index is 5.53. The van der Waals surface area contributed by atoms with E-state index in [4.69, 9.17) is 4.74 Å². The highest BCUT2D eigenvalue weighted by atomic mass is 32.2. The molecule has 3 rings (SSSR count). The third-order valence-corrected chi connectivity index (χ3v) is 6.65. The van der Waals surface area contributed by atoms with E-state index in [1.54, 1.807) is 12.4 Å². The lowest BCUT2D eigenvalue weighted by molar-refractivity contribution is 0.0782. The fourth-order valence-corrected chi connectivity index (χ4v) is 4.35. The van der Waals surface area contributed by atoms with Crippen LogP contribution in [0.1, 0.15) is 25.7 Å². The molecule has 1 atom stereocenters. The zero-order valence-corrected chi connectivity index (χ0v) is 16.6. The molecule has 2 aliphatic heterocycles. The van der Waals surface area contributed by atoms with Crippen LogP contribution in [0.5, 0.6) is 0 Å². The lowest BCUT2D eigenvalue weighted by atomic mass is 9.99. The second-order valence-electron chi connectivity index (χ2n) is 6.90. The standard InChI is InChI=1S/C18H30N6OS/c1-19-16(22-14-18(26-2)6-11-25-12-7-18)23-15-5-3-10-24(13-15)17-20-8-4-9-21-17/h4,8-9,15H,3,5-7,10-14H2,1-2H3,(H2,19,22,23). The van der Waals surface area contributed by atoms with E-state index in [0.717, 1.165) is 70.4 Å². The number of aliphatic imine (C=N–C) groups is 1. The summed E-state index contributed by atoms with van der Waals surface area (Å²) in [5, 5.41) is 7.13. The highest BCUT2D eigenvalue weighted by Crippen LogP contribution is 2.32. The highest BCUT2D eigenvalue weighted by Gasteiger charge is 2.32. The van der Waals surface area contributed by atoms with Gasteiger partial charge in [0.25, 0.3) is 0 Å². The molecule has 2 fully saturated rings. The van der Waals surface area contributed by atoms with Crippen LogP contribution in [0, 0.1) is 0 Å². The molecule has 0 saturated carbocycles. The van der Waals surface area contributed by atoms with E-state index >= 15 is 0 Å². The van der Waals surface area contributed by atoms with Gasteiger partial charge in [-0.2, -0.15) is 11.8 Å². The van der Waals surface area contributed by atoms with Crippen molar-refractivity contribution in [2.45, 2.75) is 36.5 Å². The predicted molar refractivity (Wildman–Crippen MR) is 108 cm³/mol. The largest absolute Gasteiger partial charge is 0.381 e. The Bertz CT molecular complexity index is 578. The van der Waals surface area contributed by atoms with Crippen LogP contribution in [0.25, 0.3) is 0 Å². The van der Waals surface area contributed by atoms with Gasteiger partial charge in [0.2, 0.25) is 5.95 Å². The average molecular weight is 379 g/mol. The lowest BCUT2D eigenvalue weighted by Gasteiger charge is -2.37. The second kappa shape index (κ2) is 9.41. The summed E-state index contributed by atoms with van der Waals surface area (Å²) in [5.41, 5.74) is 0. The maximum Gasteiger partial charge on any atom is 0.225 e. The zero-order valence-electron chi connectivity index (χ0n) is 15.8. The van der Waals surface area contributed by atoms with E-state index in [-0.39, 0.29) is 4.75 Å². The number of nitrogens with zero attached hydrogens (tertiary/aromatic N) is 4. The van der Waals surface area contributed by atoms with Crippen molar-refractivity contribution in [3.05, 3.63) is 18.5 Å². The Morgan fingerprint density at radius 3 is 2.85 bits per heavy atom. The van der Waals surface area contributed by atoms with Gasteiger partial charge in [0.1, 0.15) is 0 Å². The van der Waals surface area contributed by atoms with Gasteiger partial charge in [-0.25, -0.2) is 9.97 Å². The molecule has 1 aromatic rings. The molecule has 2 saturated heterocycles. The molecular formula is C18H30N6OS. The van der Waals surface area contributed by atoms with Gasteiger partial charge in [-0.15, -0.1) is 0 Å². The van der Waals surface area contributed by atoms with Gasteiger partial charge in [-0.05, 0) is 38.0 Å². The monoisotopic (exact) mass is 378 g/mol. The first-order valence-electron chi connectivity index (χ1n) is 9.37. The summed E-state index contributed by atoms with van der Waals surface area (Å²) in [6, 6.07) is 2.20. The zero-order chi connectivity index (χ0) is 18.2. The molecule has 2 N–H and O–H groups in total. The third kappa shape index (κ3) is 5.01. The van der Waals surface area contributed by atoms with Crippen molar-refractivity contribution < 1.29 is 4.74 Å². The number of anilines is 1. The Balaban J connectivity index is 1.53. The smallest absolute Gasteiger partial charge is 0.225 e. The molecule has 7 nitrogen and oxygen atoms in total. The van der Waals surface area contributed by atoms with Gasteiger partial charge in [-0.1, -0.05) is 0 Å². The van der Waals surface area contributed by atoms with Crippen molar-refractivity contribution in [3.8, 4) is 0 Å². The molecule has 0 aliphatic carbocycles. The number of piperidine rings is 1. The molecule has 0 bridgehead atoms. The van der Waals surface area contributed by atoms with Crippen LogP contribution >= 0.6 is 11.8 Å². The topological polar surface area (TPSA) is 74.7 Å². The number of hydrogen-bond donors (Lipinski definition) is 2. The van der Waals surface area contributed by atoms with Crippen LogP contribution in [0.15, 0.2) is 23.5 Å². The van der Waals surface area contributed by atoms with Crippen molar-refractivity contribution in [1.29, 1.82) is 0 Å². The van der Waals surface area contributed by atoms with Gasteiger partial charge < -0.3 is 20.3 Å². The molecule has 0 aromatic carbocycles. The molecule has 26 heavy (non-hydrogen) atoms. The van der Waals surface area contributed by atoms with E-state index in [9.17, 15) is 0 Å². The van der Waals surface area contributed by atoms with Crippen molar-refractivity contribution in [2.24, 2.45) is 4.99 Å². The van der Waals surface area contributed by atoms with Crippen LogP contribution < -0.4 is 15.5 Å². The quantitative estimate of drug-likeness (QED) is 0.594. The Hall–Kier alpha value is -1.54. The molecule has 1 unspecified atom stereocenters. The minimum absolute atomic E-state index is 0.242. The Morgan fingerprint density at radius 1 is 1.38 bits per heavy atom. The summed E-state index contributed by atoms with van der Waals surface area (Å²) in [6.45, 7) is 4.51. The predicted octanol–water partition coefficient (Wildman–Crippen LogP) is 1.52. The van der Waals surface area contributed by atoms with Gasteiger partial charge in [0, 0.05) is 63.1 Å². The summed E-state index contributed by atoms with van der Waals surface area (Å²) in [4.78, 5) is 15.4. The van der Waals surface area contributed by atoms with Gasteiger partial charge in [0.15, 0.2) is 5.96 Å². The van der Waals surface area contributed by atoms with E-state index in [1.807, 2.05) is 24.9 Å². The minimum Gasteiger partial charge on any atom is -0.381 e. The van der Waals surface area contributed by atoms with Crippen molar-refractivity contribution in [1.82, 2.24) is 20.6 Å². The summed E-state index contributed by atoms with van der Waals surface area (Å²) in [7, 11) is 1.84. The van der Waals surface area contributed by atoms with Crippen LogP contribution in [0.3, 0.4) is 0 Å². The first-order chi connectivity index (χ1) is 12.7. The summed E-state index contributed by atoms with van der Waals surface area (Å²) in [5.74, 6) is 1.69. The van der Waals surface area contributed by atoms with Gasteiger partial charge >= 0.3 is 0 Å². The fraction of sp³-hybridized carbons (Fsp3) is 0.722. The molecule has 2 aliphatic rings. The average Bonchev–Trinajstić information content (AvgIpc) is 2.72. The van der Waals surface area contributed by atoms with Crippen LogP contribution in [0.4, 0.5) is 5.95 Å². The fourth-order valence-electron chi connectivity index (χ4n) is 3.56. The number of guanidine groups is 1. The van der Waals surface area contributed by atoms with Crippen molar-refractivity contribution in [3.63, 3.8) is 0 Å². The normalized spacial score (nSPS) is 23.5. The Labute approximate surface area is 160 Å². The van der Waals surface area contributed by atoms with Crippen molar-refractivity contribution >= 4 is 23.7 Å². The number of aromatic nitrogens is 2. The maximum absolute atomic E-state index is 5.53. The molecule has 8 heteroatoms. The number of ether oxygens (including phenoxy) is 1. The molecular weight excluding hydrogens is 348 g/mol. The SMILES string of the molecule is CN=C(NCC1(SC)CCOCC1)NC1CCCN(c2ncccn2)C1. The first kappa shape index (κ1) is 19.2. The molecule has 144 valence electrons. The summed E-state index contributed by atoms with van der Waals surface area (Å²) in [6.07, 6.45) is 10.2. The Kier molecular flexibility index (Phi) is 6.96. The van der Waals surface area contributed by atoms with Crippen LogP contribution in [-0.4, -0.2) is 72.9 Å². The third-order valence-electron chi connectivity index (χ3n) is 5.24. The number of rotatable bonds is 5. The van der Waals surface area contributed by atoms with Gasteiger partial charge in [0.05, 0.1) is 0 Å². The van der Waals surface area contributed by atoms with E-state index in [2.05, 4.69) is 36.7 Å². The number of hydrogen-bond acceptors (Lipinski definition) is 6. The number of nitrogens with one attached hydrogen (secondary N) is 2. The first-order valence-corrected chi connectivity index (χ1v) is 10.6. The van der Waals surface area contributed by atoms with E-state index in [1.165, 1.54) is 0 Å². The summed E-state index contributed by atoms with van der Waals surface area (Å²) >= 11 is 1.94. The summed E-state index contributed by atoms with van der Waals surface area (Å²) < 4.78 is 5.77. The molecule has 3 heterocycles. The van der Waals surface area contributed by atoms with Crippen LogP contribution in [0.2, 0.25) is 0 Å².